The second-order valence-corrected chi connectivity index (χ2v) is 11.6. The van der Waals surface area contributed by atoms with E-state index in [1.807, 2.05) is 39.0 Å². The molecule has 0 unspecified atom stereocenters. The molecule has 1 heterocycles. The summed E-state index contributed by atoms with van der Waals surface area (Å²) in [5.74, 6) is 0.441. The van der Waals surface area contributed by atoms with Gasteiger partial charge in [0.1, 0.15) is 12.3 Å². The second kappa shape index (κ2) is 9.26. The smallest absolute Gasteiger partial charge is 0.255 e. The number of hydrogen-bond donors (Lipinski definition) is 1. The molecule has 0 aliphatic carbocycles. The molecule has 0 fully saturated rings. The summed E-state index contributed by atoms with van der Waals surface area (Å²) in [7, 11) is 1.58. The van der Waals surface area contributed by atoms with Crippen molar-refractivity contribution in [1.82, 2.24) is 9.47 Å². The molecule has 0 bridgehead atoms. The summed E-state index contributed by atoms with van der Waals surface area (Å²) in [6, 6.07) is 7.48. The Labute approximate surface area is 192 Å². The predicted octanol–water partition coefficient (Wildman–Crippen LogP) is 4.34. The number of benzene rings is 1. The first-order chi connectivity index (χ1) is 14.5. The number of methoxy groups -OCH3 is 1. The lowest BCUT2D eigenvalue weighted by Crippen LogP contribution is -2.46. The lowest BCUT2D eigenvalue weighted by atomic mass is 9.87. The second-order valence-electron chi connectivity index (χ2n) is 11.6. The van der Waals surface area contributed by atoms with Crippen molar-refractivity contribution in [3.8, 4) is 5.75 Å². The summed E-state index contributed by atoms with van der Waals surface area (Å²) < 4.78 is 6.92. The van der Waals surface area contributed by atoms with Crippen LogP contribution >= 0.6 is 0 Å². The molecule has 2 aromatic rings. The van der Waals surface area contributed by atoms with E-state index in [-0.39, 0.29) is 35.4 Å². The molecule has 0 radical (unpaired) electrons. The predicted molar refractivity (Wildman–Crippen MR) is 130 cm³/mol. The van der Waals surface area contributed by atoms with E-state index < -0.39 is 5.60 Å². The Kier molecular flexibility index (Phi) is 7.50. The summed E-state index contributed by atoms with van der Waals surface area (Å²) >= 11 is 0. The molecule has 6 heteroatoms. The highest BCUT2D eigenvalue weighted by atomic mass is 16.5. The normalized spacial score (nSPS) is 12.8. The summed E-state index contributed by atoms with van der Waals surface area (Å²) in [6.07, 6.45) is 0.792. The zero-order chi connectivity index (χ0) is 24.5. The first kappa shape index (κ1) is 25.9. The number of carbonyl (C=O) groups is 1. The van der Waals surface area contributed by atoms with Crippen LogP contribution in [0.3, 0.4) is 0 Å². The van der Waals surface area contributed by atoms with E-state index in [0.29, 0.717) is 23.4 Å². The Hall–Kier alpha value is -2.34. The van der Waals surface area contributed by atoms with E-state index in [1.165, 1.54) is 0 Å². The summed E-state index contributed by atoms with van der Waals surface area (Å²) in [5, 5.41) is 11.3. The van der Waals surface area contributed by atoms with Gasteiger partial charge >= 0.3 is 0 Å². The fraction of sp³-hybridized carbons (Fsp3) is 0.615. The van der Waals surface area contributed by atoms with Crippen molar-refractivity contribution in [2.24, 2.45) is 5.41 Å². The van der Waals surface area contributed by atoms with E-state index in [9.17, 15) is 14.7 Å². The standard InChI is InChI=1S/C26H40N2O4/c1-24(2,3)12-13-27(17-26(7,8)31)22(29)16-28-21-15-19(32-9)11-10-18(21)14-20(23(28)30)25(4,5)6/h10-11,14-15,31H,12-13,16-17H2,1-9H3. The van der Waals surface area contributed by atoms with Crippen LogP contribution in [0.2, 0.25) is 0 Å². The minimum Gasteiger partial charge on any atom is -0.497 e. The van der Waals surface area contributed by atoms with Crippen molar-refractivity contribution in [2.75, 3.05) is 20.2 Å². The number of hydrogen-bond acceptors (Lipinski definition) is 4. The molecule has 178 valence electrons. The van der Waals surface area contributed by atoms with Crippen LogP contribution in [-0.2, 0) is 16.8 Å². The number of aliphatic hydroxyl groups is 1. The number of amides is 1. The van der Waals surface area contributed by atoms with Crippen molar-refractivity contribution >= 4 is 16.8 Å². The van der Waals surface area contributed by atoms with Gasteiger partial charge in [-0.3, -0.25) is 14.2 Å². The fourth-order valence-corrected chi connectivity index (χ4v) is 3.64. The van der Waals surface area contributed by atoms with Gasteiger partial charge in [0.25, 0.3) is 5.56 Å². The van der Waals surface area contributed by atoms with Crippen LogP contribution in [-0.4, -0.2) is 46.3 Å². The molecule has 0 spiro atoms. The Bertz CT molecular complexity index is 1020. The van der Waals surface area contributed by atoms with Crippen LogP contribution in [0, 0.1) is 5.41 Å². The van der Waals surface area contributed by atoms with Gasteiger partial charge in [-0.1, -0.05) is 41.5 Å². The molecule has 2 rings (SSSR count). The summed E-state index contributed by atoms with van der Waals surface area (Å²) in [4.78, 5) is 28.6. The quantitative estimate of drug-likeness (QED) is 0.689. The molecule has 1 aromatic heterocycles. The van der Waals surface area contributed by atoms with Gasteiger partial charge in [0.2, 0.25) is 5.91 Å². The van der Waals surface area contributed by atoms with Gasteiger partial charge in [0.05, 0.1) is 18.2 Å². The highest BCUT2D eigenvalue weighted by Crippen LogP contribution is 2.26. The molecule has 1 amide bonds. The molecular weight excluding hydrogens is 404 g/mol. The molecular formula is C26H40N2O4. The Morgan fingerprint density at radius 1 is 1.06 bits per heavy atom. The minimum absolute atomic E-state index is 0.0428. The number of fused-ring (bicyclic) bond motifs is 1. The van der Waals surface area contributed by atoms with Crippen molar-refractivity contribution in [2.45, 2.75) is 79.4 Å². The van der Waals surface area contributed by atoms with Gasteiger partial charge in [0, 0.05) is 24.7 Å². The number of rotatable bonds is 7. The zero-order valence-electron chi connectivity index (χ0n) is 21.2. The third kappa shape index (κ3) is 6.83. The van der Waals surface area contributed by atoms with Gasteiger partial charge in [0.15, 0.2) is 0 Å². The third-order valence-electron chi connectivity index (χ3n) is 5.47. The number of carbonyl (C=O) groups excluding carboxylic acids is 1. The van der Waals surface area contributed by atoms with Crippen LogP contribution in [0.4, 0.5) is 0 Å². The SMILES string of the molecule is COc1ccc2cc(C(C)(C)C)c(=O)n(CC(=O)N(CCC(C)(C)C)CC(C)(C)O)c2c1. The molecule has 0 aliphatic rings. The van der Waals surface area contributed by atoms with Crippen LogP contribution in [0.5, 0.6) is 5.75 Å². The monoisotopic (exact) mass is 444 g/mol. The third-order valence-corrected chi connectivity index (χ3v) is 5.47. The molecule has 6 nitrogen and oxygen atoms in total. The van der Waals surface area contributed by atoms with Crippen LogP contribution in [0.15, 0.2) is 29.1 Å². The van der Waals surface area contributed by atoms with Crippen molar-refractivity contribution in [3.63, 3.8) is 0 Å². The average Bonchev–Trinajstić information content (AvgIpc) is 2.64. The Balaban J connectivity index is 2.56. The van der Waals surface area contributed by atoms with Crippen molar-refractivity contribution in [3.05, 3.63) is 40.2 Å². The maximum atomic E-state index is 13.5. The maximum Gasteiger partial charge on any atom is 0.255 e. The topological polar surface area (TPSA) is 71.8 Å². The van der Waals surface area contributed by atoms with E-state index in [4.69, 9.17) is 4.74 Å². The summed E-state index contributed by atoms with van der Waals surface area (Å²) in [6.45, 7) is 16.4. The lowest BCUT2D eigenvalue weighted by Gasteiger charge is -2.32. The lowest BCUT2D eigenvalue weighted by molar-refractivity contribution is -0.135. The minimum atomic E-state index is -1.03. The van der Waals surface area contributed by atoms with Gasteiger partial charge in [-0.05, 0) is 54.7 Å². The van der Waals surface area contributed by atoms with Gasteiger partial charge < -0.3 is 14.7 Å². The molecule has 0 saturated heterocycles. The molecule has 0 saturated carbocycles. The number of nitrogens with zero attached hydrogens (tertiary/aromatic N) is 2. The van der Waals surface area contributed by atoms with Gasteiger partial charge in [-0.25, -0.2) is 0 Å². The van der Waals surface area contributed by atoms with Crippen LogP contribution in [0.25, 0.3) is 10.9 Å². The maximum absolute atomic E-state index is 13.5. The number of aromatic nitrogens is 1. The first-order valence-corrected chi connectivity index (χ1v) is 11.2. The average molecular weight is 445 g/mol. The van der Waals surface area contributed by atoms with Crippen molar-refractivity contribution in [1.29, 1.82) is 0 Å². The largest absolute Gasteiger partial charge is 0.497 e. The highest BCUT2D eigenvalue weighted by molar-refractivity contribution is 5.84. The first-order valence-electron chi connectivity index (χ1n) is 11.2. The number of ether oxygens (including phenoxy) is 1. The summed E-state index contributed by atoms with van der Waals surface area (Å²) in [5.41, 5.74) is -0.209. The van der Waals surface area contributed by atoms with E-state index in [1.54, 1.807) is 36.5 Å². The Morgan fingerprint density at radius 3 is 2.19 bits per heavy atom. The molecule has 32 heavy (non-hydrogen) atoms. The van der Waals surface area contributed by atoms with E-state index in [0.717, 1.165) is 11.8 Å². The van der Waals surface area contributed by atoms with E-state index in [2.05, 4.69) is 20.8 Å². The van der Waals surface area contributed by atoms with Crippen LogP contribution < -0.4 is 10.3 Å². The van der Waals surface area contributed by atoms with Gasteiger partial charge in [-0.2, -0.15) is 0 Å². The van der Waals surface area contributed by atoms with Crippen LogP contribution in [0.1, 0.15) is 67.4 Å². The van der Waals surface area contributed by atoms with E-state index >= 15 is 0 Å². The Morgan fingerprint density at radius 2 is 1.69 bits per heavy atom. The van der Waals surface area contributed by atoms with Crippen molar-refractivity contribution < 1.29 is 14.6 Å². The highest BCUT2D eigenvalue weighted by Gasteiger charge is 2.27. The van der Waals surface area contributed by atoms with Gasteiger partial charge in [-0.15, -0.1) is 0 Å². The molecule has 1 N–H and O–H groups in total. The zero-order valence-corrected chi connectivity index (χ0v) is 21.2. The molecule has 0 aliphatic heterocycles. The number of pyridine rings is 1. The fourth-order valence-electron chi connectivity index (χ4n) is 3.64. The molecule has 1 aromatic carbocycles. The molecule has 0 atom stereocenters.